The van der Waals surface area contributed by atoms with Gasteiger partial charge in [-0.25, -0.2) is 9.55 Å². The molecule has 0 aromatic carbocycles. The molecule has 0 spiro atoms. The largest absolute Gasteiger partial charge is 0.356 e. The molecular formula is C5H7N3O3. The first-order valence-electron chi connectivity index (χ1n) is 2.64. The molecule has 0 atom stereocenters. The maximum atomic E-state index is 8.25. The zero-order valence-electron chi connectivity index (χ0n) is 5.64. The van der Waals surface area contributed by atoms with Gasteiger partial charge in [-0.1, -0.05) is 6.58 Å². The Kier molecular flexibility index (Phi) is 4.14. The van der Waals surface area contributed by atoms with Crippen LogP contribution in [-0.4, -0.2) is 10.1 Å². The van der Waals surface area contributed by atoms with Crippen LogP contribution in [0, 0.1) is 15.3 Å². The summed E-state index contributed by atoms with van der Waals surface area (Å²) in [5, 5.41) is 14.8. The van der Waals surface area contributed by atoms with Crippen molar-refractivity contribution in [2.45, 2.75) is 0 Å². The van der Waals surface area contributed by atoms with E-state index in [-0.39, 0.29) is 0 Å². The summed E-state index contributed by atoms with van der Waals surface area (Å²) >= 11 is 0. The second kappa shape index (κ2) is 4.98. The summed E-state index contributed by atoms with van der Waals surface area (Å²) in [6.45, 7) is 3.55. The van der Waals surface area contributed by atoms with Gasteiger partial charge in [0.05, 0.1) is 11.3 Å². The predicted molar refractivity (Wildman–Crippen MR) is 37.7 cm³/mol. The van der Waals surface area contributed by atoms with Crippen LogP contribution in [0.4, 0.5) is 0 Å². The number of imidazole rings is 1. The molecule has 0 saturated carbocycles. The average Bonchev–Trinajstić information content (AvgIpc) is 2.36. The Labute approximate surface area is 62.5 Å². The first-order chi connectivity index (χ1) is 5.16. The molecule has 0 fully saturated rings. The molecule has 60 valence electrons. The molecular weight excluding hydrogens is 150 g/mol. The zero-order chi connectivity index (χ0) is 8.69. The Morgan fingerprint density at radius 1 is 1.64 bits per heavy atom. The first-order valence-corrected chi connectivity index (χ1v) is 2.64. The summed E-state index contributed by atoms with van der Waals surface area (Å²) in [6.07, 6.45) is 7.25. The number of aromatic amines is 1. The van der Waals surface area contributed by atoms with Gasteiger partial charge in [-0.15, -0.1) is 0 Å². The third-order valence-electron chi connectivity index (χ3n) is 0.777. The van der Waals surface area contributed by atoms with Gasteiger partial charge in [0.25, 0.3) is 0 Å². The van der Waals surface area contributed by atoms with Crippen molar-refractivity contribution in [2.24, 2.45) is 0 Å². The Morgan fingerprint density at radius 3 is 2.36 bits per heavy atom. The van der Waals surface area contributed by atoms with Gasteiger partial charge in [-0.3, -0.25) is 0 Å². The Morgan fingerprint density at radius 2 is 2.18 bits per heavy atom. The normalized spacial score (nSPS) is 7.64. The fourth-order valence-corrected chi connectivity index (χ4v) is 0.415. The fourth-order valence-electron chi connectivity index (χ4n) is 0.415. The molecule has 0 unspecified atom stereocenters. The van der Waals surface area contributed by atoms with E-state index in [9.17, 15) is 0 Å². The van der Waals surface area contributed by atoms with E-state index in [0.717, 1.165) is 0 Å². The van der Waals surface area contributed by atoms with Crippen LogP contribution in [-0.2, 0) is 0 Å². The fraction of sp³-hybridized carbons (Fsp3) is 0. The molecule has 0 amide bonds. The Balaban J connectivity index is 0.000000218. The van der Waals surface area contributed by atoms with Gasteiger partial charge in [-0.2, -0.15) is 0 Å². The first kappa shape index (κ1) is 9.15. The molecule has 1 aromatic heterocycles. The highest BCUT2D eigenvalue weighted by Crippen LogP contribution is 1.65. The molecule has 0 saturated heterocycles. The summed E-state index contributed by atoms with van der Waals surface area (Å²) < 4.78 is 1.83. The molecule has 1 aromatic rings. The smallest absolute Gasteiger partial charge is 0.246 e. The number of hydrogen-bond donors (Lipinski definition) is 1. The lowest BCUT2D eigenvalue weighted by molar-refractivity contribution is -0.566. The lowest BCUT2D eigenvalue weighted by Gasteiger charge is -1.74. The molecule has 0 bridgehead atoms. The molecule has 1 N–H and O–H groups in total. The minimum absolute atomic E-state index is 1.72. The Bertz CT molecular complexity index is 215. The van der Waals surface area contributed by atoms with Crippen LogP contribution in [0.1, 0.15) is 0 Å². The van der Waals surface area contributed by atoms with E-state index in [1.165, 1.54) is 0 Å². The molecule has 0 aliphatic rings. The summed E-state index contributed by atoms with van der Waals surface area (Å²) in [5.41, 5.74) is 0. The van der Waals surface area contributed by atoms with Crippen molar-refractivity contribution in [3.8, 4) is 0 Å². The van der Waals surface area contributed by atoms with Gasteiger partial charge in [0.15, 0.2) is 0 Å². The van der Waals surface area contributed by atoms with Crippen molar-refractivity contribution in [1.29, 1.82) is 0 Å². The predicted octanol–water partition coefficient (Wildman–Crippen LogP) is 0.164. The minimum atomic E-state index is -1.75. The highest BCUT2D eigenvalue weighted by Gasteiger charge is 1.82. The van der Waals surface area contributed by atoms with Gasteiger partial charge in [-0.05, 0) is 0 Å². The maximum Gasteiger partial charge on any atom is 0.246 e. The monoisotopic (exact) mass is 157 g/mol. The summed E-state index contributed by atoms with van der Waals surface area (Å²) in [4.78, 5) is 11.1. The van der Waals surface area contributed by atoms with E-state index in [2.05, 4.69) is 11.6 Å². The van der Waals surface area contributed by atoms with Gasteiger partial charge in [0.2, 0.25) is 6.33 Å². The molecule has 1 heterocycles. The standard InChI is InChI=1S/C5H6N2.NO3/c1-2-7-4-3-6-5-7;2-1(3)4/h2-5H,1H2;/q;-1/p+1. The summed E-state index contributed by atoms with van der Waals surface area (Å²) in [6, 6.07) is 0. The van der Waals surface area contributed by atoms with E-state index in [1.54, 1.807) is 6.20 Å². The van der Waals surface area contributed by atoms with E-state index < -0.39 is 5.09 Å². The molecule has 6 nitrogen and oxygen atoms in total. The van der Waals surface area contributed by atoms with E-state index in [0.29, 0.717) is 0 Å². The highest BCUT2D eigenvalue weighted by atomic mass is 16.9. The van der Waals surface area contributed by atoms with Crippen LogP contribution in [0.25, 0.3) is 6.20 Å². The molecule has 0 radical (unpaired) electrons. The van der Waals surface area contributed by atoms with E-state index in [1.807, 2.05) is 23.3 Å². The summed E-state index contributed by atoms with van der Waals surface area (Å²) in [7, 11) is 0. The van der Waals surface area contributed by atoms with Crippen molar-refractivity contribution in [2.75, 3.05) is 0 Å². The van der Waals surface area contributed by atoms with Crippen LogP contribution in [0.5, 0.6) is 0 Å². The molecule has 0 aliphatic carbocycles. The van der Waals surface area contributed by atoms with Crippen LogP contribution >= 0.6 is 0 Å². The minimum Gasteiger partial charge on any atom is -0.356 e. The number of nitrogens with zero attached hydrogens (tertiary/aromatic N) is 2. The van der Waals surface area contributed by atoms with Gasteiger partial charge >= 0.3 is 0 Å². The summed E-state index contributed by atoms with van der Waals surface area (Å²) in [5.74, 6) is 0. The van der Waals surface area contributed by atoms with Crippen molar-refractivity contribution in [3.63, 3.8) is 0 Å². The van der Waals surface area contributed by atoms with Crippen LogP contribution in [0.3, 0.4) is 0 Å². The van der Waals surface area contributed by atoms with Crippen molar-refractivity contribution < 1.29 is 9.65 Å². The quantitative estimate of drug-likeness (QED) is 0.358. The highest BCUT2D eigenvalue weighted by molar-refractivity contribution is 4.93. The SMILES string of the molecule is C=C[n+]1cc[nH]c1.O=[N+]([O-])[O-]. The lowest BCUT2D eigenvalue weighted by atomic mass is 10.9. The number of nitrogens with one attached hydrogen (secondary N) is 1. The van der Waals surface area contributed by atoms with Crippen LogP contribution in [0.2, 0.25) is 0 Å². The second-order valence-electron chi connectivity index (χ2n) is 1.46. The van der Waals surface area contributed by atoms with Crippen molar-refractivity contribution >= 4 is 6.20 Å². The maximum absolute atomic E-state index is 8.25. The van der Waals surface area contributed by atoms with Crippen molar-refractivity contribution in [1.82, 2.24) is 4.98 Å². The second-order valence-corrected chi connectivity index (χ2v) is 1.46. The third-order valence-corrected chi connectivity index (χ3v) is 0.777. The average molecular weight is 157 g/mol. The van der Waals surface area contributed by atoms with Crippen LogP contribution in [0.15, 0.2) is 25.3 Å². The van der Waals surface area contributed by atoms with Gasteiger partial charge < -0.3 is 15.3 Å². The molecule has 0 aliphatic heterocycles. The van der Waals surface area contributed by atoms with Gasteiger partial charge in [0.1, 0.15) is 12.4 Å². The zero-order valence-corrected chi connectivity index (χ0v) is 5.64. The third kappa shape index (κ3) is 6.03. The van der Waals surface area contributed by atoms with Crippen molar-refractivity contribution in [3.05, 3.63) is 40.6 Å². The number of aromatic nitrogens is 2. The van der Waals surface area contributed by atoms with Crippen LogP contribution < -0.4 is 4.57 Å². The molecule has 11 heavy (non-hydrogen) atoms. The molecule has 6 heteroatoms. The molecule has 1 rings (SSSR count). The topological polar surface area (TPSA) is 85.9 Å². The van der Waals surface area contributed by atoms with Gasteiger partial charge in [0, 0.05) is 0 Å². The Hall–Kier alpha value is -1.85. The number of H-pyrrole nitrogens is 1. The van der Waals surface area contributed by atoms with E-state index >= 15 is 0 Å². The lowest BCUT2D eigenvalue weighted by Crippen LogP contribution is -2.19. The number of hydrogen-bond acceptors (Lipinski definition) is 3. The number of rotatable bonds is 1. The van der Waals surface area contributed by atoms with E-state index in [4.69, 9.17) is 15.3 Å².